The topological polar surface area (TPSA) is 43.8 Å². The smallest absolute Gasteiger partial charge is 0.126 e. The number of aromatic nitrogens is 2. The van der Waals surface area contributed by atoms with Gasteiger partial charge < -0.3 is 10.3 Å². The molecule has 0 saturated heterocycles. The van der Waals surface area contributed by atoms with Gasteiger partial charge in [-0.1, -0.05) is 36.8 Å². The highest BCUT2D eigenvalue weighted by Crippen LogP contribution is 2.32. The summed E-state index contributed by atoms with van der Waals surface area (Å²) >= 11 is 0. The Morgan fingerprint density at radius 3 is 2.58 bits per heavy atom. The van der Waals surface area contributed by atoms with E-state index in [9.17, 15) is 0 Å². The second-order valence-electron chi connectivity index (χ2n) is 5.83. The summed E-state index contributed by atoms with van der Waals surface area (Å²) < 4.78 is 2.30. The first-order valence-corrected chi connectivity index (χ1v) is 6.96. The molecule has 2 heterocycles. The second-order valence-corrected chi connectivity index (χ2v) is 5.83. The molecule has 1 aromatic carbocycles. The SMILES string of the molecule is Cc1ccc(-c2nc3n(c2C)CC(C)CC3N)cc1. The van der Waals surface area contributed by atoms with E-state index in [1.165, 1.54) is 16.8 Å². The zero-order valence-electron chi connectivity index (χ0n) is 11.9. The predicted molar refractivity (Wildman–Crippen MR) is 77.8 cm³/mol. The fourth-order valence-electron chi connectivity index (χ4n) is 2.98. The van der Waals surface area contributed by atoms with Crippen molar-refractivity contribution < 1.29 is 0 Å². The molecule has 1 aliphatic rings. The van der Waals surface area contributed by atoms with Crippen LogP contribution in [0.5, 0.6) is 0 Å². The van der Waals surface area contributed by atoms with Crippen molar-refractivity contribution in [1.29, 1.82) is 0 Å². The molecule has 0 spiro atoms. The molecule has 0 aliphatic carbocycles. The first-order valence-electron chi connectivity index (χ1n) is 6.96. The Bertz CT molecular complexity index is 595. The number of nitrogens with zero attached hydrogens (tertiary/aromatic N) is 2. The number of aryl methyl sites for hydroxylation is 1. The molecule has 0 fully saturated rings. The molecule has 0 amide bonds. The monoisotopic (exact) mass is 255 g/mol. The summed E-state index contributed by atoms with van der Waals surface area (Å²) in [4.78, 5) is 4.80. The Balaban J connectivity index is 2.09. The van der Waals surface area contributed by atoms with Crippen molar-refractivity contribution >= 4 is 0 Å². The van der Waals surface area contributed by atoms with Crippen LogP contribution in [0.3, 0.4) is 0 Å². The van der Waals surface area contributed by atoms with E-state index >= 15 is 0 Å². The number of fused-ring (bicyclic) bond motifs is 1. The van der Waals surface area contributed by atoms with Crippen LogP contribution in [0.25, 0.3) is 11.3 Å². The van der Waals surface area contributed by atoms with Gasteiger partial charge in [-0.3, -0.25) is 0 Å². The fourth-order valence-corrected chi connectivity index (χ4v) is 2.98. The van der Waals surface area contributed by atoms with Crippen LogP contribution in [0.4, 0.5) is 0 Å². The third-order valence-electron chi connectivity index (χ3n) is 4.06. The maximum atomic E-state index is 6.24. The summed E-state index contributed by atoms with van der Waals surface area (Å²) in [6.45, 7) is 7.55. The minimum absolute atomic E-state index is 0.0710. The third kappa shape index (κ3) is 2.08. The summed E-state index contributed by atoms with van der Waals surface area (Å²) in [5.41, 5.74) is 11.0. The first-order chi connectivity index (χ1) is 9.06. The van der Waals surface area contributed by atoms with Crippen molar-refractivity contribution in [1.82, 2.24) is 9.55 Å². The molecule has 2 atom stereocenters. The van der Waals surface area contributed by atoms with Gasteiger partial charge in [0.05, 0.1) is 11.7 Å². The Labute approximate surface area is 114 Å². The highest BCUT2D eigenvalue weighted by Gasteiger charge is 2.26. The molecule has 0 radical (unpaired) electrons. The molecule has 2 aromatic rings. The van der Waals surface area contributed by atoms with E-state index in [-0.39, 0.29) is 6.04 Å². The Morgan fingerprint density at radius 2 is 1.89 bits per heavy atom. The zero-order valence-corrected chi connectivity index (χ0v) is 11.9. The summed E-state index contributed by atoms with van der Waals surface area (Å²) in [5, 5.41) is 0. The van der Waals surface area contributed by atoms with Gasteiger partial charge >= 0.3 is 0 Å². The molecule has 19 heavy (non-hydrogen) atoms. The lowest BCUT2D eigenvalue weighted by Gasteiger charge is -2.26. The summed E-state index contributed by atoms with van der Waals surface area (Å²) in [5.74, 6) is 1.67. The molecule has 3 rings (SSSR count). The van der Waals surface area contributed by atoms with Gasteiger partial charge in [0.2, 0.25) is 0 Å². The third-order valence-corrected chi connectivity index (χ3v) is 4.06. The van der Waals surface area contributed by atoms with E-state index in [1.54, 1.807) is 0 Å². The second kappa shape index (κ2) is 4.49. The quantitative estimate of drug-likeness (QED) is 0.850. The van der Waals surface area contributed by atoms with Gasteiger partial charge in [0, 0.05) is 17.8 Å². The van der Waals surface area contributed by atoms with E-state index in [0.717, 1.165) is 24.5 Å². The molecule has 0 bridgehead atoms. The number of hydrogen-bond donors (Lipinski definition) is 1. The highest BCUT2D eigenvalue weighted by molar-refractivity contribution is 5.62. The van der Waals surface area contributed by atoms with Crippen molar-refractivity contribution in [2.24, 2.45) is 11.7 Å². The van der Waals surface area contributed by atoms with Gasteiger partial charge in [-0.05, 0) is 26.2 Å². The van der Waals surface area contributed by atoms with Gasteiger partial charge in [0.25, 0.3) is 0 Å². The largest absolute Gasteiger partial charge is 0.330 e. The molecule has 2 N–H and O–H groups in total. The number of benzene rings is 1. The van der Waals surface area contributed by atoms with Crippen molar-refractivity contribution in [2.75, 3.05) is 0 Å². The average molecular weight is 255 g/mol. The van der Waals surface area contributed by atoms with Crippen molar-refractivity contribution in [2.45, 2.75) is 39.8 Å². The van der Waals surface area contributed by atoms with Crippen molar-refractivity contribution in [3.05, 3.63) is 41.3 Å². The molecule has 2 unspecified atom stereocenters. The van der Waals surface area contributed by atoms with Gasteiger partial charge in [-0.25, -0.2) is 4.98 Å². The lowest BCUT2D eigenvalue weighted by atomic mass is 9.98. The van der Waals surface area contributed by atoms with Crippen LogP contribution >= 0.6 is 0 Å². The number of nitrogens with two attached hydrogens (primary N) is 1. The molecule has 3 heteroatoms. The van der Waals surface area contributed by atoms with Crippen LogP contribution in [0, 0.1) is 19.8 Å². The zero-order chi connectivity index (χ0) is 13.6. The maximum absolute atomic E-state index is 6.24. The Morgan fingerprint density at radius 1 is 1.21 bits per heavy atom. The van der Waals surface area contributed by atoms with Gasteiger partial charge in [0.15, 0.2) is 0 Å². The molecule has 1 aliphatic heterocycles. The van der Waals surface area contributed by atoms with Crippen LogP contribution in [0.15, 0.2) is 24.3 Å². The van der Waals surface area contributed by atoms with Crippen LogP contribution < -0.4 is 5.73 Å². The van der Waals surface area contributed by atoms with Gasteiger partial charge in [0.1, 0.15) is 5.82 Å². The van der Waals surface area contributed by atoms with Crippen LogP contribution in [0.1, 0.15) is 36.5 Å². The molecule has 100 valence electrons. The molecular formula is C16H21N3. The molecular weight excluding hydrogens is 234 g/mol. The van der Waals surface area contributed by atoms with E-state index in [4.69, 9.17) is 10.7 Å². The van der Waals surface area contributed by atoms with E-state index < -0.39 is 0 Å². The van der Waals surface area contributed by atoms with Gasteiger partial charge in [-0.2, -0.15) is 0 Å². The average Bonchev–Trinajstić information content (AvgIpc) is 2.69. The lowest BCUT2D eigenvalue weighted by Crippen LogP contribution is -2.27. The molecule has 3 nitrogen and oxygen atoms in total. The maximum Gasteiger partial charge on any atom is 0.126 e. The van der Waals surface area contributed by atoms with E-state index in [2.05, 4.69) is 49.6 Å². The van der Waals surface area contributed by atoms with Crippen LogP contribution in [-0.2, 0) is 6.54 Å². The highest BCUT2D eigenvalue weighted by atomic mass is 15.1. The van der Waals surface area contributed by atoms with Crippen molar-refractivity contribution in [3.8, 4) is 11.3 Å². The number of imidazole rings is 1. The van der Waals surface area contributed by atoms with E-state index in [0.29, 0.717) is 5.92 Å². The normalized spacial score (nSPS) is 22.3. The van der Waals surface area contributed by atoms with Crippen LogP contribution in [0.2, 0.25) is 0 Å². The van der Waals surface area contributed by atoms with Crippen molar-refractivity contribution in [3.63, 3.8) is 0 Å². The first kappa shape index (κ1) is 12.4. The number of rotatable bonds is 1. The fraction of sp³-hybridized carbons (Fsp3) is 0.438. The van der Waals surface area contributed by atoms with E-state index in [1.807, 2.05) is 0 Å². The Kier molecular flexibility index (Phi) is 2.94. The number of hydrogen-bond acceptors (Lipinski definition) is 2. The molecule has 0 saturated carbocycles. The standard InChI is InChI=1S/C16H21N3/c1-10-4-6-13(7-5-10)15-12(3)19-9-11(2)8-14(17)16(19)18-15/h4-7,11,14H,8-9,17H2,1-3H3. The summed E-state index contributed by atoms with van der Waals surface area (Å²) in [7, 11) is 0. The minimum atomic E-state index is 0.0710. The predicted octanol–water partition coefficient (Wildman–Crippen LogP) is 3.21. The molecule has 1 aromatic heterocycles. The van der Waals surface area contributed by atoms with Crippen LogP contribution in [-0.4, -0.2) is 9.55 Å². The lowest BCUT2D eigenvalue weighted by molar-refractivity contribution is 0.343. The summed E-state index contributed by atoms with van der Waals surface area (Å²) in [6, 6.07) is 8.63. The summed E-state index contributed by atoms with van der Waals surface area (Å²) in [6.07, 6.45) is 1.03. The Hall–Kier alpha value is -1.61. The van der Waals surface area contributed by atoms with Gasteiger partial charge in [-0.15, -0.1) is 0 Å². The minimum Gasteiger partial charge on any atom is -0.330 e.